The van der Waals surface area contributed by atoms with Crippen molar-refractivity contribution >= 4 is 17.5 Å². The Labute approximate surface area is 210 Å². The van der Waals surface area contributed by atoms with Crippen molar-refractivity contribution in [2.24, 2.45) is 0 Å². The lowest BCUT2D eigenvalue weighted by Crippen LogP contribution is -2.30. The van der Waals surface area contributed by atoms with Gasteiger partial charge in [0.15, 0.2) is 5.76 Å². The summed E-state index contributed by atoms with van der Waals surface area (Å²) in [6, 6.07) is 26.2. The van der Waals surface area contributed by atoms with Gasteiger partial charge in [-0.3, -0.25) is 9.59 Å². The molecule has 7 heteroatoms. The number of benzene rings is 3. The first-order valence-corrected chi connectivity index (χ1v) is 11.5. The number of nitrogens with zero attached hydrogens (tertiary/aromatic N) is 1. The van der Waals surface area contributed by atoms with E-state index in [1.54, 1.807) is 48.4 Å². The fourth-order valence-corrected chi connectivity index (χ4v) is 3.82. The fourth-order valence-electron chi connectivity index (χ4n) is 3.82. The summed E-state index contributed by atoms with van der Waals surface area (Å²) in [5.74, 6) is 1.34. The zero-order valence-electron chi connectivity index (χ0n) is 20.3. The molecule has 0 fully saturated rings. The Hall–Kier alpha value is -4.52. The number of amides is 2. The van der Waals surface area contributed by atoms with Crippen LogP contribution >= 0.6 is 0 Å². The molecule has 0 aliphatic rings. The number of hydrogen-bond acceptors (Lipinski definition) is 5. The average molecular weight is 485 g/mol. The Morgan fingerprint density at radius 3 is 2.31 bits per heavy atom. The maximum Gasteiger partial charge on any atom is 0.290 e. The molecule has 4 rings (SSSR count). The van der Waals surface area contributed by atoms with E-state index < -0.39 is 0 Å². The third kappa shape index (κ3) is 6.54. The zero-order chi connectivity index (χ0) is 25.3. The van der Waals surface area contributed by atoms with Crippen molar-refractivity contribution in [2.45, 2.75) is 26.6 Å². The van der Waals surface area contributed by atoms with Gasteiger partial charge in [-0.15, -0.1) is 0 Å². The molecule has 2 amide bonds. The number of furan rings is 1. The highest BCUT2D eigenvalue weighted by molar-refractivity contribution is 5.91. The minimum atomic E-state index is -0.184. The summed E-state index contributed by atoms with van der Waals surface area (Å²) in [6.45, 7) is 2.57. The SMILES string of the molecule is COc1ccc(CN(Cc2ccccc2)C(=O)c2ccco2)cc1COc1ccc(NC(C)=O)cc1. The van der Waals surface area contributed by atoms with Gasteiger partial charge in [0, 0.05) is 31.3 Å². The second-order valence-corrected chi connectivity index (χ2v) is 8.26. The first-order chi connectivity index (χ1) is 17.5. The number of carbonyl (C=O) groups excluding carboxylic acids is 2. The molecule has 0 saturated heterocycles. The van der Waals surface area contributed by atoms with Crippen LogP contribution in [0.1, 0.15) is 34.2 Å². The van der Waals surface area contributed by atoms with Crippen LogP contribution in [0.5, 0.6) is 11.5 Å². The van der Waals surface area contributed by atoms with Gasteiger partial charge in [0.1, 0.15) is 18.1 Å². The van der Waals surface area contributed by atoms with E-state index in [4.69, 9.17) is 13.9 Å². The lowest BCUT2D eigenvalue weighted by molar-refractivity contribution is -0.114. The van der Waals surface area contributed by atoms with Gasteiger partial charge >= 0.3 is 0 Å². The standard InChI is InChI=1S/C29H28N2O5/c1-21(32)30-25-11-13-26(14-12-25)36-20-24-17-23(10-15-27(24)34-2)19-31(18-22-7-4-3-5-8-22)29(33)28-9-6-16-35-28/h3-17H,18-20H2,1-2H3,(H,30,32). The van der Waals surface area contributed by atoms with Crippen molar-refractivity contribution in [2.75, 3.05) is 12.4 Å². The topological polar surface area (TPSA) is 81.0 Å². The fraction of sp³-hybridized carbons (Fsp3) is 0.172. The van der Waals surface area contributed by atoms with Gasteiger partial charge in [0.2, 0.25) is 5.91 Å². The highest BCUT2D eigenvalue weighted by Gasteiger charge is 2.20. The van der Waals surface area contributed by atoms with Crippen LogP contribution in [0.3, 0.4) is 0 Å². The number of methoxy groups -OCH3 is 1. The van der Waals surface area contributed by atoms with Gasteiger partial charge in [-0.1, -0.05) is 36.4 Å². The molecule has 1 aromatic heterocycles. The Kier molecular flexibility index (Phi) is 8.03. The lowest BCUT2D eigenvalue weighted by Gasteiger charge is -2.23. The molecule has 36 heavy (non-hydrogen) atoms. The molecule has 0 unspecified atom stereocenters. The van der Waals surface area contributed by atoms with E-state index in [0.717, 1.165) is 16.7 Å². The van der Waals surface area contributed by atoms with Crippen molar-refractivity contribution in [3.63, 3.8) is 0 Å². The summed E-state index contributed by atoms with van der Waals surface area (Å²) in [5.41, 5.74) is 3.52. The minimum Gasteiger partial charge on any atom is -0.496 e. The number of rotatable bonds is 10. The molecule has 1 heterocycles. The Bertz CT molecular complexity index is 1290. The van der Waals surface area contributed by atoms with Crippen LogP contribution in [0.4, 0.5) is 5.69 Å². The quantitative estimate of drug-likeness (QED) is 0.314. The second-order valence-electron chi connectivity index (χ2n) is 8.26. The Morgan fingerprint density at radius 2 is 1.64 bits per heavy atom. The van der Waals surface area contributed by atoms with Gasteiger partial charge < -0.3 is 24.1 Å². The van der Waals surface area contributed by atoms with E-state index in [1.165, 1.54) is 13.2 Å². The number of hydrogen-bond donors (Lipinski definition) is 1. The largest absolute Gasteiger partial charge is 0.496 e. The lowest BCUT2D eigenvalue weighted by atomic mass is 10.1. The van der Waals surface area contributed by atoms with E-state index in [1.807, 2.05) is 48.5 Å². The average Bonchev–Trinajstić information content (AvgIpc) is 3.43. The molecule has 0 radical (unpaired) electrons. The smallest absolute Gasteiger partial charge is 0.290 e. The predicted molar refractivity (Wildman–Crippen MR) is 137 cm³/mol. The van der Waals surface area contributed by atoms with E-state index >= 15 is 0 Å². The van der Waals surface area contributed by atoms with E-state index in [0.29, 0.717) is 36.0 Å². The number of ether oxygens (including phenoxy) is 2. The van der Waals surface area contributed by atoms with Crippen molar-refractivity contribution in [3.8, 4) is 11.5 Å². The Morgan fingerprint density at radius 1 is 0.889 bits per heavy atom. The summed E-state index contributed by atoms with van der Waals surface area (Å²) < 4.78 is 16.9. The maximum absolute atomic E-state index is 13.2. The van der Waals surface area contributed by atoms with E-state index in [-0.39, 0.29) is 18.4 Å². The molecule has 7 nitrogen and oxygen atoms in total. The summed E-state index contributed by atoms with van der Waals surface area (Å²) >= 11 is 0. The van der Waals surface area contributed by atoms with Crippen LogP contribution in [0.15, 0.2) is 95.6 Å². The Balaban J connectivity index is 1.51. The number of nitrogens with one attached hydrogen (secondary N) is 1. The molecule has 0 aliphatic heterocycles. The molecule has 184 valence electrons. The van der Waals surface area contributed by atoms with Gasteiger partial charge in [0.05, 0.1) is 13.4 Å². The van der Waals surface area contributed by atoms with Crippen molar-refractivity contribution in [1.82, 2.24) is 4.90 Å². The molecular weight excluding hydrogens is 456 g/mol. The van der Waals surface area contributed by atoms with Crippen LogP contribution < -0.4 is 14.8 Å². The molecule has 4 aromatic rings. The normalized spacial score (nSPS) is 10.5. The molecule has 0 atom stereocenters. The molecule has 0 aliphatic carbocycles. The molecule has 0 bridgehead atoms. The monoisotopic (exact) mass is 484 g/mol. The third-order valence-corrected chi connectivity index (χ3v) is 5.52. The molecule has 3 aromatic carbocycles. The van der Waals surface area contributed by atoms with Gasteiger partial charge in [-0.05, 0) is 59.7 Å². The van der Waals surface area contributed by atoms with E-state index in [9.17, 15) is 9.59 Å². The zero-order valence-corrected chi connectivity index (χ0v) is 20.3. The van der Waals surface area contributed by atoms with Crippen molar-refractivity contribution < 1.29 is 23.5 Å². The minimum absolute atomic E-state index is 0.128. The first kappa shape index (κ1) is 24.6. The molecule has 0 saturated carbocycles. The summed E-state index contributed by atoms with van der Waals surface area (Å²) in [7, 11) is 1.61. The summed E-state index contributed by atoms with van der Waals surface area (Å²) in [5, 5.41) is 2.73. The van der Waals surface area contributed by atoms with Crippen LogP contribution in [0.2, 0.25) is 0 Å². The van der Waals surface area contributed by atoms with Crippen LogP contribution in [-0.2, 0) is 24.5 Å². The van der Waals surface area contributed by atoms with Crippen molar-refractivity contribution in [1.29, 1.82) is 0 Å². The molecule has 0 spiro atoms. The van der Waals surface area contributed by atoms with Crippen LogP contribution in [-0.4, -0.2) is 23.8 Å². The second kappa shape index (κ2) is 11.8. The highest BCUT2D eigenvalue weighted by atomic mass is 16.5. The van der Waals surface area contributed by atoms with E-state index in [2.05, 4.69) is 5.32 Å². The first-order valence-electron chi connectivity index (χ1n) is 11.5. The van der Waals surface area contributed by atoms with Gasteiger partial charge in [-0.25, -0.2) is 0 Å². The summed E-state index contributed by atoms with van der Waals surface area (Å²) in [6.07, 6.45) is 1.50. The number of carbonyl (C=O) groups is 2. The predicted octanol–water partition coefficient (Wildman–Crippen LogP) is 5.67. The van der Waals surface area contributed by atoms with Crippen LogP contribution in [0, 0.1) is 0 Å². The van der Waals surface area contributed by atoms with Crippen molar-refractivity contribution in [3.05, 3.63) is 114 Å². The summed E-state index contributed by atoms with van der Waals surface area (Å²) in [4.78, 5) is 26.1. The third-order valence-electron chi connectivity index (χ3n) is 5.52. The molecule has 1 N–H and O–H groups in total. The highest BCUT2D eigenvalue weighted by Crippen LogP contribution is 2.25. The maximum atomic E-state index is 13.2. The molecular formula is C29H28N2O5. The van der Waals surface area contributed by atoms with Crippen LogP contribution in [0.25, 0.3) is 0 Å². The van der Waals surface area contributed by atoms with Gasteiger partial charge in [0.25, 0.3) is 5.91 Å². The van der Waals surface area contributed by atoms with Gasteiger partial charge in [-0.2, -0.15) is 0 Å². The number of anilines is 1.